The van der Waals surface area contributed by atoms with E-state index < -0.39 is 12.6 Å². The summed E-state index contributed by atoms with van der Waals surface area (Å²) in [5.74, 6) is -0.185. The van der Waals surface area contributed by atoms with Crippen LogP contribution in [-0.4, -0.2) is 6.18 Å². The first-order chi connectivity index (χ1) is 10.9. The normalized spacial score (nSPS) is 13.0. The molecule has 0 aromatic heterocycles. The quantitative estimate of drug-likeness (QED) is 0.551. The second-order valence-corrected chi connectivity index (χ2v) is 5.89. The second-order valence-electron chi connectivity index (χ2n) is 5.89. The predicted octanol–water partition coefficient (Wildman–Crippen LogP) is 5.96. The van der Waals surface area contributed by atoms with E-state index in [2.05, 4.69) is 0 Å². The largest absolute Gasteiger partial charge is 0.389 e. The van der Waals surface area contributed by atoms with Gasteiger partial charge >= 0.3 is 6.18 Å². The molecule has 2 rings (SSSR count). The second kappa shape index (κ2) is 8.14. The molecule has 1 atom stereocenters. The van der Waals surface area contributed by atoms with Crippen LogP contribution in [0.5, 0.6) is 0 Å². The molecule has 2 aromatic rings. The summed E-state index contributed by atoms with van der Waals surface area (Å²) < 4.78 is 50.1. The van der Waals surface area contributed by atoms with Gasteiger partial charge in [0.05, 0.1) is 0 Å². The molecular weight excluding hydrogens is 304 g/mol. The zero-order valence-electron chi connectivity index (χ0n) is 12.8. The third-order valence-corrected chi connectivity index (χ3v) is 3.88. The van der Waals surface area contributed by atoms with E-state index >= 15 is 0 Å². The molecule has 124 valence electrons. The molecule has 2 aromatic carbocycles. The minimum Gasteiger partial charge on any atom is -0.207 e. The molecule has 0 radical (unpaired) electrons. The van der Waals surface area contributed by atoms with E-state index in [1.165, 1.54) is 12.1 Å². The Kier molecular flexibility index (Phi) is 6.20. The molecule has 0 fully saturated rings. The monoisotopic (exact) mass is 324 g/mol. The zero-order chi connectivity index (χ0) is 16.7. The van der Waals surface area contributed by atoms with Crippen LogP contribution in [0, 0.1) is 11.7 Å². The van der Waals surface area contributed by atoms with E-state index in [9.17, 15) is 17.6 Å². The van der Waals surface area contributed by atoms with Gasteiger partial charge in [-0.25, -0.2) is 4.39 Å². The average molecular weight is 324 g/mol. The molecule has 0 saturated heterocycles. The lowest BCUT2D eigenvalue weighted by atomic mass is 9.88. The van der Waals surface area contributed by atoms with E-state index in [0.29, 0.717) is 12.8 Å². The zero-order valence-corrected chi connectivity index (χ0v) is 12.8. The molecule has 0 saturated carbocycles. The molecular formula is C19H20F4. The maximum Gasteiger partial charge on any atom is 0.389 e. The van der Waals surface area contributed by atoms with Crippen LogP contribution in [0.1, 0.15) is 30.4 Å². The lowest BCUT2D eigenvalue weighted by molar-refractivity contribution is -0.136. The van der Waals surface area contributed by atoms with Crippen molar-refractivity contribution in [1.82, 2.24) is 0 Å². The summed E-state index contributed by atoms with van der Waals surface area (Å²) in [6.07, 6.45) is -2.83. The van der Waals surface area contributed by atoms with Crippen molar-refractivity contribution in [2.24, 2.45) is 5.92 Å². The first-order valence-electron chi connectivity index (χ1n) is 7.77. The number of benzene rings is 2. The van der Waals surface area contributed by atoms with Crippen LogP contribution in [0.25, 0.3) is 0 Å². The molecule has 0 spiro atoms. The Balaban J connectivity index is 1.99. The molecule has 0 amide bonds. The van der Waals surface area contributed by atoms with Gasteiger partial charge in [-0.15, -0.1) is 0 Å². The highest BCUT2D eigenvalue weighted by Crippen LogP contribution is 2.26. The summed E-state index contributed by atoms with van der Waals surface area (Å²) in [7, 11) is 0. The maximum atomic E-state index is 13.0. The van der Waals surface area contributed by atoms with Crippen LogP contribution >= 0.6 is 0 Å². The number of halogens is 4. The summed E-state index contributed by atoms with van der Waals surface area (Å²) in [6.45, 7) is 0. The average Bonchev–Trinajstić information content (AvgIpc) is 2.49. The standard InChI is InChI=1S/C19H20F4/c20-18-10-8-16(9-11-18)14-17(7-4-12-19(21,22)23)13-15-5-2-1-3-6-15/h1-3,5-6,8-11,17H,4,7,12-14H2. The van der Waals surface area contributed by atoms with Crippen molar-refractivity contribution < 1.29 is 17.6 Å². The third kappa shape index (κ3) is 6.85. The van der Waals surface area contributed by atoms with Gasteiger partial charge < -0.3 is 0 Å². The van der Waals surface area contributed by atoms with Crippen LogP contribution < -0.4 is 0 Å². The van der Waals surface area contributed by atoms with Crippen LogP contribution in [0.4, 0.5) is 17.6 Å². The Morgan fingerprint density at radius 3 is 1.91 bits per heavy atom. The number of hydrogen-bond donors (Lipinski definition) is 0. The van der Waals surface area contributed by atoms with Gasteiger partial charge in [0.2, 0.25) is 0 Å². The number of hydrogen-bond acceptors (Lipinski definition) is 0. The fourth-order valence-corrected chi connectivity index (χ4v) is 2.77. The van der Waals surface area contributed by atoms with Gasteiger partial charge in [-0.2, -0.15) is 13.2 Å². The van der Waals surface area contributed by atoms with Gasteiger partial charge in [-0.1, -0.05) is 42.5 Å². The van der Waals surface area contributed by atoms with E-state index in [4.69, 9.17) is 0 Å². The van der Waals surface area contributed by atoms with Crippen molar-refractivity contribution in [2.75, 3.05) is 0 Å². The van der Waals surface area contributed by atoms with E-state index in [1.807, 2.05) is 30.3 Å². The highest BCUT2D eigenvalue weighted by Gasteiger charge is 2.26. The van der Waals surface area contributed by atoms with Crippen molar-refractivity contribution in [3.63, 3.8) is 0 Å². The molecule has 1 unspecified atom stereocenters. The van der Waals surface area contributed by atoms with Gasteiger partial charge in [0.1, 0.15) is 5.82 Å². The first kappa shape index (κ1) is 17.5. The Morgan fingerprint density at radius 1 is 0.783 bits per heavy atom. The molecule has 4 heteroatoms. The summed E-state index contributed by atoms with van der Waals surface area (Å²) in [4.78, 5) is 0. The molecule has 0 aliphatic heterocycles. The molecule has 0 bridgehead atoms. The van der Waals surface area contributed by atoms with Gasteiger partial charge in [-0.3, -0.25) is 0 Å². The smallest absolute Gasteiger partial charge is 0.207 e. The lowest BCUT2D eigenvalue weighted by Gasteiger charge is -2.18. The van der Waals surface area contributed by atoms with Crippen molar-refractivity contribution in [1.29, 1.82) is 0 Å². The lowest BCUT2D eigenvalue weighted by Crippen LogP contribution is -2.12. The van der Waals surface area contributed by atoms with Crippen molar-refractivity contribution >= 4 is 0 Å². The van der Waals surface area contributed by atoms with Gasteiger partial charge in [0.15, 0.2) is 0 Å². The van der Waals surface area contributed by atoms with E-state index in [0.717, 1.165) is 17.5 Å². The highest BCUT2D eigenvalue weighted by atomic mass is 19.4. The molecule has 0 aliphatic rings. The van der Waals surface area contributed by atoms with Crippen molar-refractivity contribution in [3.05, 3.63) is 71.5 Å². The Labute approximate surface area is 134 Å². The summed E-state index contributed by atoms with van der Waals surface area (Å²) in [5.41, 5.74) is 2.07. The van der Waals surface area contributed by atoms with Crippen LogP contribution in [0.2, 0.25) is 0 Å². The molecule has 0 N–H and O–H groups in total. The summed E-state index contributed by atoms with van der Waals surface area (Å²) in [5, 5.41) is 0. The Bertz CT molecular complexity index is 573. The van der Waals surface area contributed by atoms with Crippen molar-refractivity contribution in [3.8, 4) is 0 Å². The van der Waals surface area contributed by atoms with Crippen LogP contribution in [-0.2, 0) is 12.8 Å². The van der Waals surface area contributed by atoms with Crippen LogP contribution in [0.3, 0.4) is 0 Å². The van der Waals surface area contributed by atoms with Gasteiger partial charge in [-0.05, 0) is 54.9 Å². The number of alkyl halides is 3. The SMILES string of the molecule is Fc1ccc(CC(CCCC(F)(F)F)Cc2ccccc2)cc1. The minimum absolute atomic E-state index is 0.116. The van der Waals surface area contributed by atoms with Gasteiger partial charge in [0.25, 0.3) is 0 Å². The maximum absolute atomic E-state index is 13.0. The predicted molar refractivity (Wildman–Crippen MR) is 83.6 cm³/mol. The Hall–Kier alpha value is -1.84. The third-order valence-electron chi connectivity index (χ3n) is 3.88. The molecule has 0 aliphatic carbocycles. The first-order valence-corrected chi connectivity index (χ1v) is 7.77. The van der Waals surface area contributed by atoms with Crippen molar-refractivity contribution in [2.45, 2.75) is 38.3 Å². The van der Waals surface area contributed by atoms with E-state index in [1.54, 1.807) is 12.1 Å². The van der Waals surface area contributed by atoms with E-state index in [-0.39, 0.29) is 18.2 Å². The fourth-order valence-electron chi connectivity index (χ4n) is 2.77. The highest BCUT2D eigenvalue weighted by molar-refractivity contribution is 5.19. The molecule has 0 heterocycles. The minimum atomic E-state index is -4.10. The molecule has 23 heavy (non-hydrogen) atoms. The summed E-state index contributed by atoms with van der Waals surface area (Å²) in [6, 6.07) is 16.0. The number of rotatable bonds is 7. The summed E-state index contributed by atoms with van der Waals surface area (Å²) >= 11 is 0. The molecule has 0 nitrogen and oxygen atoms in total. The fraction of sp³-hybridized carbons (Fsp3) is 0.368. The topological polar surface area (TPSA) is 0 Å². The van der Waals surface area contributed by atoms with Gasteiger partial charge in [0, 0.05) is 6.42 Å². The Morgan fingerprint density at radius 2 is 1.35 bits per heavy atom. The van der Waals surface area contributed by atoms with Crippen LogP contribution in [0.15, 0.2) is 54.6 Å².